The first-order chi connectivity index (χ1) is 11.3. The third kappa shape index (κ3) is 2.78. The van der Waals surface area contributed by atoms with E-state index >= 15 is 0 Å². The van der Waals surface area contributed by atoms with Crippen LogP contribution in [0.5, 0.6) is 0 Å². The van der Waals surface area contributed by atoms with E-state index in [1.807, 2.05) is 40.3 Å². The number of para-hydroxylation sites is 1. The minimum absolute atomic E-state index is 0.0589. The number of nitrogens with zero attached hydrogens (tertiary/aromatic N) is 5. The van der Waals surface area contributed by atoms with Gasteiger partial charge in [-0.3, -0.25) is 13.8 Å². The summed E-state index contributed by atoms with van der Waals surface area (Å²) in [4.78, 5) is 17.2. The number of aromatic nitrogens is 5. The van der Waals surface area contributed by atoms with Crippen LogP contribution < -0.4 is 5.56 Å². The van der Waals surface area contributed by atoms with Crippen LogP contribution in [0.15, 0.2) is 64.3 Å². The summed E-state index contributed by atoms with van der Waals surface area (Å²) in [7, 11) is 0. The summed E-state index contributed by atoms with van der Waals surface area (Å²) < 4.78 is 3.46. The predicted molar refractivity (Wildman–Crippen MR) is 90.3 cm³/mol. The Labute approximate surface area is 139 Å². The van der Waals surface area contributed by atoms with Gasteiger partial charge in [0.2, 0.25) is 0 Å². The molecular formula is C15H11N5OS2. The third-order valence-corrected chi connectivity index (χ3v) is 4.99. The number of thioether (sulfide) groups is 1. The molecule has 0 aliphatic heterocycles. The molecule has 0 radical (unpaired) electrons. The highest BCUT2D eigenvalue weighted by Gasteiger charge is 2.09. The minimum atomic E-state index is -0.0589. The lowest BCUT2D eigenvalue weighted by Crippen LogP contribution is -2.12. The summed E-state index contributed by atoms with van der Waals surface area (Å²) in [6.45, 7) is 0. The van der Waals surface area contributed by atoms with Crippen molar-refractivity contribution in [1.29, 1.82) is 0 Å². The van der Waals surface area contributed by atoms with Gasteiger partial charge >= 0.3 is 0 Å². The number of hydrogen-bond acceptors (Lipinski definition) is 6. The fraction of sp³-hybridized carbons (Fsp3) is 0.0667. The summed E-state index contributed by atoms with van der Waals surface area (Å²) >= 11 is 2.95. The number of fused-ring (bicyclic) bond motifs is 1. The molecule has 0 fully saturated rings. The monoisotopic (exact) mass is 341 g/mol. The molecule has 0 spiro atoms. The van der Waals surface area contributed by atoms with Crippen LogP contribution in [-0.2, 0) is 5.75 Å². The molecule has 0 atom stereocenters. The minimum Gasteiger partial charge on any atom is -0.277 e. The average Bonchev–Trinajstić information content (AvgIpc) is 3.23. The van der Waals surface area contributed by atoms with Crippen molar-refractivity contribution in [1.82, 2.24) is 24.1 Å². The molecule has 0 aliphatic carbocycles. The van der Waals surface area contributed by atoms with E-state index in [4.69, 9.17) is 0 Å². The normalized spacial score (nSPS) is 11.1. The van der Waals surface area contributed by atoms with Crippen LogP contribution in [0.25, 0.3) is 10.6 Å². The molecule has 0 N–H and O–H groups in total. The van der Waals surface area contributed by atoms with Crippen molar-refractivity contribution >= 4 is 28.1 Å². The largest absolute Gasteiger partial charge is 0.277 e. The standard InChI is InChI=1S/C15H11N5OS2/c21-13-8-11(17-14-19(13)6-7-22-14)9-23-15-18-16-10-20(15)12-4-2-1-3-5-12/h1-8,10H,9H2. The molecule has 114 valence electrons. The second kappa shape index (κ2) is 5.98. The highest BCUT2D eigenvalue weighted by Crippen LogP contribution is 2.22. The van der Waals surface area contributed by atoms with Gasteiger partial charge in [0, 0.05) is 29.1 Å². The molecule has 0 aliphatic rings. The van der Waals surface area contributed by atoms with Crippen molar-refractivity contribution in [3.8, 4) is 5.69 Å². The van der Waals surface area contributed by atoms with Crippen molar-refractivity contribution in [2.75, 3.05) is 0 Å². The molecule has 0 unspecified atom stereocenters. The second-order valence-corrected chi connectivity index (χ2v) is 6.56. The van der Waals surface area contributed by atoms with Crippen molar-refractivity contribution < 1.29 is 0 Å². The Morgan fingerprint density at radius 1 is 1.22 bits per heavy atom. The maximum absolute atomic E-state index is 12.0. The van der Waals surface area contributed by atoms with Gasteiger partial charge in [0.15, 0.2) is 10.1 Å². The predicted octanol–water partition coefficient (Wildman–Crippen LogP) is 2.63. The molecule has 0 saturated carbocycles. The molecule has 3 heterocycles. The SMILES string of the molecule is O=c1cc(CSc2nncn2-c2ccccc2)nc2sccn12. The van der Waals surface area contributed by atoms with E-state index in [1.165, 1.54) is 23.1 Å². The maximum atomic E-state index is 12.0. The van der Waals surface area contributed by atoms with Crippen molar-refractivity contribution in [3.05, 3.63) is 70.4 Å². The number of hydrogen-bond donors (Lipinski definition) is 0. The first kappa shape index (κ1) is 14.2. The smallest absolute Gasteiger partial charge is 0.258 e. The van der Waals surface area contributed by atoms with Crippen molar-refractivity contribution in [3.63, 3.8) is 0 Å². The zero-order valence-corrected chi connectivity index (χ0v) is 13.5. The Hall–Kier alpha value is -2.45. The van der Waals surface area contributed by atoms with Gasteiger partial charge in [0.1, 0.15) is 6.33 Å². The van der Waals surface area contributed by atoms with Crippen LogP contribution in [0.3, 0.4) is 0 Å². The van der Waals surface area contributed by atoms with Crippen LogP contribution in [0.4, 0.5) is 0 Å². The topological polar surface area (TPSA) is 65.1 Å². The Morgan fingerprint density at radius 2 is 2.09 bits per heavy atom. The molecule has 1 aromatic carbocycles. The summed E-state index contributed by atoms with van der Waals surface area (Å²) in [6.07, 6.45) is 3.42. The molecule has 6 nitrogen and oxygen atoms in total. The number of rotatable bonds is 4. The van der Waals surface area contributed by atoms with Gasteiger partial charge in [0.25, 0.3) is 5.56 Å². The fourth-order valence-corrected chi connectivity index (χ4v) is 3.75. The van der Waals surface area contributed by atoms with Crippen molar-refractivity contribution in [2.24, 2.45) is 0 Å². The molecule has 23 heavy (non-hydrogen) atoms. The van der Waals surface area contributed by atoms with Gasteiger partial charge in [-0.2, -0.15) is 0 Å². The molecule has 8 heteroatoms. The Kier molecular flexibility index (Phi) is 3.68. The van der Waals surface area contributed by atoms with Gasteiger partial charge in [-0.05, 0) is 12.1 Å². The molecule has 0 saturated heterocycles. The lowest BCUT2D eigenvalue weighted by atomic mass is 10.3. The average molecular weight is 341 g/mol. The van der Waals surface area contributed by atoms with E-state index in [1.54, 1.807) is 23.0 Å². The summed E-state index contributed by atoms with van der Waals surface area (Å²) in [6, 6.07) is 11.5. The summed E-state index contributed by atoms with van der Waals surface area (Å²) in [5.74, 6) is 0.565. The van der Waals surface area contributed by atoms with Gasteiger partial charge in [-0.1, -0.05) is 30.0 Å². The molecule has 4 rings (SSSR count). The van der Waals surface area contributed by atoms with Gasteiger partial charge in [-0.15, -0.1) is 21.5 Å². The third-order valence-electron chi connectivity index (χ3n) is 3.26. The summed E-state index contributed by atoms with van der Waals surface area (Å²) in [5, 5.41) is 10.7. The summed E-state index contributed by atoms with van der Waals surface area (Å²) in [5.41, 5.74) is 1.68. The van der Waals surface area contributed by atoms with Gasteiger partial charge in [0.05, 0.1) is 5.69 Å². The highest BCUT2D eigenvalue weighted by atomic mass is 32.2. The first-order valence-corrected chi connectivity index (χ1v) is 8.72. The lowest BCUT2D eigenvalue weighted by Gasteiger charge is -2.05. The molecular weight excluding hydrogens is 330 g/mol. The van der Waals surface area contributed by atoms with E-state index in [0.29, 0.717) is 10.7 Å². The van der Waals surface area contributed by atoms with E-state index in [9.17, 15) is 4.79 Å². The lowest BCUT2D eigenvalue weighted by molar-refractivity contribution is 0.882. The van der Waals surface area contributed by atoms with Gasteiger partial charge in [-0.25, -0.2) is 4.98 Å². The second-order valence-electron chi connectivity index (χ2n) is 4.75. The molecule has 3 aromatic heterocycles. The van der Waals surface area contributed by atoms with Crippen LogP contribution in [0.2, 0.25) is 0 Å². The van der Waals surface area contributed by atoms with E-state index in [0.717, 1.165) is 16.5 Å². The van der Waals surface area contributed by atoms with Gasteiger partial charge < -0.3 is 0 Å². The van der Waals surface area contributed by atoms with Crippen LogP contribution in [0.1, 0.15) is 5.69 Å². The Bertz CT molecular complexity index is 1010. The van der Waals surface area contributed by atoms with Crippen LogP contribution in [0, 0.1) is 0 Å². The fourth-order valence-electron chi connectivity index (χ4n) is 2.19. The van der Waals surface area contributed by atoms with E-state index < -0.39 is 0 Å². The van der Waals surface area contributed by atoms with E-state index in [-0.39, 0.29) is 5.56 Å². The Balaban J connectivity index is 1.60. The zero-order chi connectivity index (χ0) is 15.6. The Morgan fingerprint density at radius 3 is 2.96 bits per heavy atom. The molecule has 0 amide bonds. The first-order valence-electron chi connectivity index (χ1n) is 6.85. The highest BCUT2D eigenvalue weighted by molar-refractivity contribution is 7.98. The number of thiazole rings is 1. The van der Waals surface area contributed by atoms with Crippen molar-refractivity contribution in [2.45, 2.75) is 10.9 Å². The molecule has 0 bridgehead atoms. The quantitative estimate of drug-likeness (QED) is 0.534. The van der Waals surface area contributed by atoms with Crippen LogP contribution >= 0.6 is 23.1 Å². The maximum Gasteiger partial charge on any atom is 0.258 e. The van der Waals surface area contributed by atoms with E-state index in [2.05, 4.69) is 15.2 Å². The zero-order valence-electron chi connectivity index (χ0n) is 11.9. The molecule has 4 aromatic rings. The van der Waals surface area contributed by atoms with Crippen LogP contribution in [-0.4, -0.2) is 24.1 Å². The number of benzene rings is 1.